The summed E-state index contributed by atoms with van der Waals surface area (Å²) in [5.74, 6) is -0.290. The van der Waals surface area contributed by atoms with E-state index in [2.05, 4.69) is 0 Å². The summed E-state index contributed by atoms with van der Waals surface area (Å²) in [6.07, 6.45) is 0. The monoisotopic (exact) mass is 309 g/mol. The molecule has 0 aliphatic rings. The minimum atomic E-state index is -3.43. The molecule has 0 radical (unpaired) electrons. The lowest BCUT2D eigenvalue weighted by molar-refractivity contribution is 0.339. The second-order valence-electron chi connectivity index (χ2n) is 4.47. The molecule has 0 aliphatic heterocycles. The summed E-state index contributed by atoms with van der Waals surface area (Å²) in [6.45, 7) is 0.327. The SMILES string of the molecule is NCc1ccc(S(=O)(=O)CCOc2cccc(F)c2)cc1. The molecule has 0 saturated heterocycles. The van der Waals surface area contributed by atoms with Gasteiger partial charge in [-0.05, 0) is 29.8 Å². The second-order valence-corrected chi connectivity index (χ2v) is 6.58. The average Bonchev–Trinajstić information content (AvgIpc) is 2.47. The van der Waals surface area contributed by atoms with Crippen molar-refractivity contribution in [2.75, 3.05) is 12.4 Å². The summed E-state index contributed by atoms with van der Waals surface area (Å²) in [6, 6.07) is 12.0. The highest BCUT2D eigenvalue weighted by Gasteiger charge is 2.14. The molecule has 0 aliphatic carbocycles. The highest BCUT2D eigenvalue weighted by Crippen LogP contribution is 2.15. The van der Waals surface area contributed by atoms with Crippen LogP contribution in [-0.2, 0) is 16.4 Å². The molecular formula is C15H16FNO3S. The molecule has 21 heavy (non-hydrogen) atoms. The van der Waals surface area contributed by atoms with Gasteiger partial charge in [-0.15, -0.1) is 0 Å². The fourth-order valence-electron chi connectivity index (χ4n) is 1.78. The number of sulfone groups is 1. The molecule has 0 saturated carbocycles. The van der Waals surface area contributed by atoms with Gasteiger partial charge < -0.3 is 10.5 Å². The molecule has 0 fully saturated rings. The van der Waals surface area contributed by atoms with Gasteiger partial charge in [-0.3, -0.25) is 0 Å². The summed E-state index contributed by atoms with van der Waals surface area (Å²) in [7, 11) is -3.43. The van der Waals surface area contributed by atoms with Crippen LogP contribution in [0.2, 0.25) is 0 Å². The van der Waals surface area contributed by atoms with Crippen LogP contribution in [0.25, 0.3) is 0 Å². The molecule has 0 bridgehead atoms. The maximum atomic E-state index is 13.0. The standard InChI is InChI=1S/C15H16FNO3S/c16-13-2-1-3-14(10-13)20-8-9-21(18,19)15-6-4-12(11-17)5-7-15/h1-7,10H,8-9,11,17H2. The lowest BCUT2D eigenvalue weighted by Crippen LogP contribution is -2.14. The van der Waals surface area contributed by atoms with Crippen LogP contribution in [0.15, 0.2) is 53.4 Å². The summed E-state index contributed by atoms with van der Waals surface area (Å²) in [4.78, 5) is 0.225. The van der Waals surface area contributed by atoms with Crippen LogP contribution in [0, 0.1) is 5.82 Å². The van der Waals surface area contributed by atoms with Gasteiger partial charge in [0, 0.05) is 12.6 Å². The zero-order chi connectivity index (χ0) is 15.3. The fraction of sp³-hybridized carbons (Fsp3) is 0.200. The van der Waals surface area contributed by atoms with Crippen LogP contribution in [0.4, 0.5) is 4.39 Å². The van der Waals surface area contributed by atoms with Crippen molar-refractivity contribution in [3.05, 3.63) is 59.9 Å². The van der Waals surface area contributed by atoms with Crippen molar-refractivity contribution >= 4 is 9.84 Å². The van der Waals surface area contributed by atoms with Crippen molar-refractivity contribution in [2.24, 2.45) is 5.73 Å². The Labute approximate surface area is 123 Å². The predicted molar refractivity (Wildman–Crippen MR) is 78.3 cm³/mol. The van der Waals surface area contributed by atoms with E-state index in [1.54, 1.807) is 18.2 Å². The van der Waals surface area contributed by atoms with Gasteiger partial charge in [-0.1, -0.05) is 18.2 Å². The molecule has 0 atom stereocenters. The van der Waals surface area contributed by atoms with E-state index in [1.165, 1.54) is 30.3 Å². The third-order valence-corrected chi connectivity index (χ3v) is 4.63. The second kappa shape index (κ2) is 6.69. The number of halogens is 1. The average molecular weight is 309 g/mol. The van der Waals surface area contributed by atoms with Crippen LogP contribution < -0.4 is 10.5 Å². The predicted octanol–water partition coefficient (Wildman–Crippen LogP) is 2.14. The minimum absolute atomic E-state index is 0.0373. The molecule has 0 aromatic heterocycles. The van der Waals surface area contributed by atoms with Crippen molar-refractivity contribution in [3.63, 3.8) is 0 Å². The van der Waals surface area contributed by atoms with E-state index in [0.29, 0.717) is 12.3 Å². The van der Waals surface area contributed by atoms with E-state index in [0.717, 1.165) is 5.56 Å². The van der Waals surface area contributed by atoms with Crippen LogP contribution in [0.5, 0.6) is 5.75 Å². The number of rotatable bonds is 6. The largest absolute Gasteiger partial charge is 0.492 e. The van der Waals surface area contributed by atoms with Crippen molar-refractivity contribution in [1.29, 1.82) is 0 Å². The van der Waals surface area contributed by atoms with Crippen LogP contribution in [0.1, 0.15) is 5.56 Å². The molecule has 112 valence electrons. The first kappa shape index (κ1) is 15.5. The molecule has 4 nitrogen and oxygen atoms in total. The first-order valence-corrected chi connectivity index (χ1v) is 8.06. The Morgan fingerprint density at radius 3 is 2.43 bits per heavy atom. The van der Waals surface area contributed by atoms with E-state index in [1.807, 2.05) is 0 Å². The first-order valence-electron chi connectivity index (χ1n) is 6.41. The Hall–Kier alpha value is -1.92. The number of ether oxygens (including phenoxy) is 1. The van der Waals surface area contributed by atoms with E-state index in [9.17, 15) is 12.8 Å². The van der Waals surface area contributed by atoms with Crippen molar-refractivity contribution in [1.82, 2.24) is 0 Å². The van der Waals surface area contributed by atoms with Gasteiger partial charge in [0.2, 0.25) is 0 Å². The molecule has 2 aromatic carbocycles. The highest BCUT2D eigenvalue weighted by atomic mass is 32.2. The van der Waals surface area contributed by atoms with Crippen molar-refractivity contribution < 1.29 is 17.5 Å². The third kappa shape index (κ3) is 4.27. The maximum Gasteiger partial charge on any atom is 0.181 e. The minimum Gasteiger partial charge on any atom is -0.492 e. The van der Waals surface area contributed by atoms with Crippen LogP contribution >= 0.6 is 0 Å². The zero-order valence-corrected chi connectivity index (χ0v) is 12.1. The van der Waals surface area contributed by atoms with Crippen molar-refractivity contribution in [3.8, 4) is 5.75 Å². The Morgan fingerprint density at radius 1 is 1.10 bits per heavy atom. The van der Waals surface area contributed by atoms with Gasteiger partial charge in [0.25, 0.3) is 0 Å². The van der Waals surface area contributed by atoms with Gasteiger partial charge in [0.15, 0.2) is 9.84 Å². The van der Waals surface area contributed by atoms with Crippen LogP contribution in [-0.4, -0.2) is 20.8 Å². The zero-order valence-electron chi connectivity index (χ0n) is 11.3. The van der Waals surface area contributed by atoms with Gasteiger partial charge in [-0.2, -0.15) is 0 Å². The van der Waals surface area contributed by atoms with E-state index in [-0.39, 0.29) is 17.3 Å². The summed E-state index contributed by atoms with van der Waals surface area (Å²) >= 11 is 0. The quantitative estimate of drug-likeness (QED) is 0.887. The first-order chi connectivity index (χ1) is 10.0. The maximum absolute atomic E-state index is 13.0. The molecule has 2 N–H and O–H groups in total. The fourth-order valence-corrected chi connectivity index (χ4v) is 2.87. The summed E-state index contributed by atoms with van der Waals surface area (Å²) in [5.41, 5.74) is 6.33. The lowest BCUT2D eigenvalue weighted by atomic mass is 10.2. The molecule has 0 spiro atoms. The molecule has 0 heterocycles. The number of hydrogen-bond acceptors (Lipinski definition) is 4. The van der Waals surface area contributed by atoms with Gasteiger partial charge in [0.05, 0.1) is 10.6 Å². The third-order valence-electron chi connectivity index (χ3n) is 2.94. The highest BCUT2D eigenvalue weighted by molar-refractivity contribution is 7.91. The molecule has 2 rings (SSSR count). The molecule has 2 aromatic rings. The molecular weight excluding hydrogens is 293 g/mol. The lowest BCUT2D eigenvalue weighted by Gasteiger charge is -2.08. The van der Waals surface area contributed by atoms with E-state index in [4.69, 9.17) is 10.5 Å². The molecule has 0 unspecified atom stereocenters. The normalized spacial score (nSPS) is 11.3. The number of hydrogen-bond donors (Lipinski definition) is 1. The number of benzene rings is 2. The Bertz CT molecular complexity index is 699. The van der Waals surface area contributed by atoms with Gasteiger partial charge >= 0.3 is 0 Å². The van der Waals surface area contributed by atoms with Crippen LogP contribution in [0.3, 0.4) is 0 Å². The number of nitrogens with two attached hydrogens (primary N) is 1. The van der Waals surface area contributed by atoms with E-state index < -0.39 is 15.7 Å². The molecule has 6 heteroatoms. The Kier molecular flexibility index (Phi) is 4.93. The smallest absolute Gasteiger partial charge is 0.181 e. The van der Waals surface area contributed by atoms with E-state index >= 15 is 0 Å². The topological polar surface area (TPSA) is 69.4 Å². The summed E-state index contributed by atoms with van der Waals surface area (Å²) in [5, 5.41) is 0. The van der Waals surface area contributed by atoms with Crippen molar-refractivity contribution in [2.45, 2.75) is 11.4 Å². The Balaban J connectivity index is 1.97. The Morgan fingerprint density at radius 2 is 1.81 bits per heavy atom. The summed E-state index contributed by atoms with van der Waals surface area (Å²) < 4.78 is 42.4. The van der Waals surface area contributed by atoms with Gasteiger partial charge in [-0.25, -0.2) is 12.8 Å². The molecule has 0 amide bonds. The van der Waals surface area contributed by atoms with Gasteiger partial charge in [0.1, 0.15) is 18.2 Å².